The molecule has 0 saturated heterocycles. The molecule has 0 atom stereocenters. The number of carboxylic acids is 1. The third-order valence-electron chi connectivity index (χ3n) is 1.56. The first-order chi connectivity index (χ1) is 7.97. The number of carbonyl (C=O) groups is 2. The van der Waals surface area contributed by atoms with Crippen LogP contribution in [0, 0.1) is 0 Å². The zero-order chi connectivity index (χ0) is 12.8. The van der Waals surface area contributed by atoms with Crippen LogP contribution < -0.4 is 10.6 Å². The largest absolute Gasteiger partial charge is 0.478 e. The number of nitrogens with one attached hydrogen (secondary N) is 2. The summed E-state index contributed by atoms with van der Waals surface area (Å²) >= 11 is 11.5. The maximum atomic E-state index is 11.3. The van der Waals surface area contributed by atoms with Crippen molar-refractivity contribution in [2.75, 3.05) is 5.32 Å². The van der Waals surface area contributed by atoms with Crippen LogP contribution in [0.25, 0.3) is 0 Å². The summed E-state index contributed by atoms with van der Waals surface area (Å²) in [5, 5.41) is 13.7. The molecular weight excluding hydrogens is 267 g/mol. The minimum absolute atomic E-state index is 0.383. The Bertz CT molecular complexity index is 454. The van der Waals surface area contributed by atoms with Gasteiger partial charge < -0.3 is 15.7 Å². The molecular formula is C10H8Cl2N2O3. The summed E-state index contributed by atoms with van der Waals surface area (Å²) in [5.74, 6) is -1.16. The van der Waals surface area contributed by atoms with Crippen LogP contribution in [0.15, 0.2) is 30.5 Å². The van der Waals surface area contributed by atoms with Gasteiger partial charge in [0.1, 0.15) is 0 Å². The Morgan fingerprint density at radius 3 is 2.29 bits per heavy atom. The maximum Gasteiger partial charge on any atom is 0.329 e. The number of hydrogen-bond donors (Lipinski definition) is 3. The Labute approximate surface area is 107 Å². The zero-order valence-corrected chi connectivity index (χ0v) is 9.92. The van der Waals surface area contributed by atoms with E-state index in [4.69, 9.17) is 28.3 Å². The predicted molar refractivity (Wildman–Crippen MR) is 65.4 cm³/mol. The fourth-order valence-electron chi connectivity index (χ4n) is 0.982. The van der Waals surface area contributed by atoms with Crippen molar-refractivity contribution in [1.82, 2.24) is 5.32 Å². The molecule has 0 spiro atoms. The van der Waals surface area contributed by atoms with Gasteiger partial charge >= 0.3 is 12.0 Å². The van der Waals surface area contributed by atoms with Gasteiger partial charge in [0.2, 0.25) is 0 Å². The van der Waals surface area contributed by atoms with Crippen molar-refractivity contribution in [3.63, 3.8) is 0 Å². The number of carbonyl (C=O) groups excluding carboxylic acids is 1. The number of halogens is 2. The highest BCUT2D eigenvalue weighted by Crippen LogP contribution is 2.22. The third-order valence-corrected chi connectivity index (χ3v) is 2.00. The lowest BCUT2D eigenvalue weighted by Gasteiger charge is -2.05. The van der Waals surface area contributed by atoms with E-state index in [9.17, 15) is 9.59 Å². The lowest BCUT2D eigenvalue weighted by molar-refractivity contribution is -0.131. The molecule has 0 bridgehead atoms. The zero-order valence-electron chi connectivity index (χ0n) is 8.41. The summed E-state index contributed by atoms with van der Waals surface area (Å²) in [4.78, 5) is 21.4. The molecule has 0 radical (unpaired) electrons. The van der Waals surface area contributed by atoms with E-state index in [1.165, 1.54) is 18.2 Å². The fourth-order valence-corrected chi connectivity index (χ4v) is 1.51. The monoisotopic (exact) mass is 274 g/mol. The van der Waals surface area contributed by atoms with E-state index in [0.717, 1.165) is 12.3 Å². The van der Waals surface area contributed by atoms with Crippen molar-refractivity contribution in [3.05, 3.63) is 40.5 Å². The van der Waals surface area contributed by atoms with Gasteiger partial charge in [-0.3, -0.25) is 0 Å². The minimum Gasteiger partial charge on any atom is -0.478 e. The van der Waals surface area contributed by atoms with E-state index in [1.807, 2.05) is 0 Å². The molecule has 3 N–H and O–H groups in total. The molecule has 7 heteroatoms. The highest BCUT2D eigenvalue weighted by molar-refractivity contribution is 6.35. The van der Waals surface area contributed by atoms with Gasteiger partial charge in [-0.05, 0) is 18.2 Å². The molecule has 1 aromatic rings. The van der Waals surface area contributed by atoms with Crippen LogP contribution in [0.1, 0.15) is 0 Å². The van der Waals surface area contributed by atoms with E-state index in [2.05, 4.69) is 10.6 Å². The summed E-state index contributed by atoms with van der Waals surface area (Å²) in [6, 6.07) is 3.94. The Kier molecular flexibility index (Phi) is 4.81. The third kappa shape index (κ3) is 5.24. The Hall–Kier alpha value is -1.72. The average molecular weight is 275 g/mol. The van der Waals surface area contributed by atoms with Gasteiger partial charge in [0.25, 0.3) is 0 Å². The second-order valence-corrected chi connectivity index (χ2v) is 3.80. The summed E-state index contributed by atoms with van der Waals surface area (Å²) in [6.45, 7) is 0. The molecule has 1 rings (SSSR count). The first kappa shape index (κ1) is 13.3. The molecule has 0 aliphatic heterocycles. The van der Waals surface area contributed by atoms with Crippen molar-refractivity contribution < 1.29 is 14.7 Å². The van der Waals surface area contributed by atoms with Crippen LogP contribution in [0.4, 0.5) is 10.5 Å². The maximum absolute atomic E-state index is 11.3. The lowest BCUT2D eigenvalue weighted by Crippen LogP contribution is -2.24. The van der Waals surface area contributed by atoms with Gasteiger partial charge in [0, 0.05) is 28.0 Å². The summed E-state index contributed by atoms with van der Waals surface area (Å²) < 4.78 is 0. The van der Waals surface area contributed by atoms with Crippen LogP contribution in [0.2, 0.25) is 10.0 Å². The first-order valence-corrected chi connectivity index (χ1v) is 5.16. The number of benzene rings is 1. The quantitative estimate of drug-likeness (QED) is 0.742. The molecule has 0 fully saturated rings. The Balaban J connectivity index is 2.59. The number of carboxylic acid groups (broad SMARTS) is 1. The van der Waals surface area contributed by atoms with Crippen LogP contribution in [-0.4, -0.2) is 17.1 Å². The topological polar surface area (TPSA) is 78.4 Å². The van der Waals surface area contributed by atoms with Crippen molar-refractivity contribution >= 4 is 40.9 Å². The van der Waals surface area contributed by atoms with E-state index >= 15 is 0 Å². The molecule has 0 unspecified atom stereocenters. The highest BCUT2D eigenvalue weighted by Gasteiger charge is 2.02. The van der Waals surface area contributed by atoms with Crippen molar-refractivity contribution in [1.29, 1.82) is 0 Å². The number of anilines is 1. The van der Waals surface area contributed by atoms with E-state index < -0.39 is 12.0 Å². The molecule has 90 valence electrons. The number of amides is 2. The molecule has 5 nitrogen and oxygen atoms in total. The van der Waals surface area contributed by atoms with Crippen LogP contribution in [0.5, 0.6) is 0 Å². The van der Waals surface area contributed by atoms with Crippen molar-refractivity contribution in [2.24, 2.45) is 0 Å². The van der Waals surface area contributed by atoms with Crippen molar-refractivity contribution in [3.8, 4) is 0 Å². The Morgan fingerprint density at radius 2 is 1.76 bits per heavy atom. The summed E-state index contributed by atoms with van der Waals surface area (Å²) in [7, 11) is 0. The number of rotatable bonds is 3. The predicted octanol–water partition coefficient (Wildman–Crippen LogP) is 2.71. The average Bonchev–Trinajstić information content (AvgIpc) is 2.14. The van der Waals surface area contributed by atoms with Crippen LogP contribution in [-0.2, 0) is 4.79 Å². The molecule has 0 aromatic heterocycles. The van der Waals surface area contributed by atoms with Crippen molar-refractivity contribution in [2.45, 2.75) is 0 Å². The minimum atomic E-state index is -1.16. The summed E-state index contributed by atoms with van der Waals surface area (Å²) in [5.41, 5.74) is 0.406. The van der Waals surface area contributed by atoms with Crippen LogP contribution >= 0.6 is 23.2 Å². The van der Waals surface area contributed by atoms with E-state index in [1.54, 1.807) is 0 Å². The molecule has 17 heavy (non-hydrogen) atoms. The van der Waals surface area contributed by atoms with Gasteiger partial charge in [0.05, 0.1) is 0 Å². The highest BCUT2D eigenvalue weighted by atomic mass is 35.5. The van der Waals surface area contributed by atoms with Gasteiger partial charge in [-0.25, -0.2) is 9.59 Å². The van der Waals surface area contributed by atoms with Gasteiger partial charge in [0.15, 0.2) is 0 Å². The van der Waals surface area contributed by atoms with Gasteiger partial charge in [-0.15, -0.1) is 0 Å². The van der Waals surface area contributed by atoms with Crippen LogP contribution in [0.3, 0.4) is 0 Å². The smallest absolute Gasteiger partial charge is 0.329 e. The second kappa shape index (κ2) is 6.12. The molecule has 2 amide bonds. The molecule has 1 aromatic carbocycles. The van der Waals surface area contributed by atoms with E-state index in [-0.39, 0.29) is 0 Å². The standard InChI is InChI=1S/C10H8Cl2N2O3/c11-6-3-7(12)5-8(4-6)14-10(17)13-2-1-9(15)16/h1-5H,(H,15,16)(H2,13,14,17)/b2-1+. The van der Waals surface area contributed by atoms with Gasteiger partial charge in [-0.1, -0.05) is 23.2 Å². The first-order valence-electron chi connectivity index (χ1n) is 4.40. The SMILES string of the molecule is O=C(O)/C=C/NC(=O)Nc1cc(Cl)cc(Cl)c1. The number of hydrogen-bond acceptors (Lipinski definition) is 2. The van der Waals surface area contributed by atoms with E-state index in [0.29, 0.717) is 15.7 Å². The molecule has 0 aliphatic carbocycles. The number of urea groups is 1. The van der Waals surface area contributed by atoms with Gasteiger partial charge in [-0.2, -0.15) is 0 Å². The fraction of sp³-hybridized carbons (Fsp3) is 0. The molecule has 0 saturated carbocycles. The Morgan fingerprint density at radius 1 is 1.18 bits per heavy atom. The lowest BCUT2D eigenvalue weighted by atomic mass is 10.3. The molecule has 0 heterocycles. The summed E-state index contributed by atoms with van der Waals surface area (Å²) in [6.07, 6.45) is 1.80. The second-order valence-electron chi connectivity index (χ2n) is 2.93. The number of aliphatic carboxylic acids is 1. The normalized spacial score (nSPS) is 10.2. The molecule has 0 aliphatic rings.